The Morgan fingerprint density at radius 3 is 2.66 bits per heavy atom. The monoisotopic (exact) mass is 497 g/mol. The lowest BCUT2D eigenvalue weighted by molar-refractivity contribution is -0.115. The third-order valence-electron chi connectivity index (χ3n) is 4.68. The molecule has 0 saturated heterocycles. The van der Waals surface area contributed by atoms with Gasteiger partial charge in [-0.25, -0.2) is 8.42 Å². The van der Waals surface area contributed by atoms with Gasteiger partial charge in [-0.2, -0.15) is 4.31 Å². The number of carbonyl (C=O) groups excluding carboxylic acids is 1. The molecule has 12 heteroatoms. The van der Waals surface area contributed by atoms with E-state index in [2.05, 4.69) is 15.5 Å². The highest BCUT2D eigenvalue weighted by molar-refractivity contribution is 7.99. The summed E-state index contributed by atoms with van der Waals surface area (Å²) >= 11 is 7.30. The first-order chi connectivity index (χ1) is 15.3. The SMILES string of the molecule is CCN(CC)S(=O)(=O)c1ccc2nnc(SCCC(=O)Nc3cc(Cl)ccc3OC)n2c1. The number of aromatic nitrogens is 3. The van der Waals surface area contributed by atoms with E-state index in [9.17, 15) is 13.2 Å². The maximum absolute atomic E-state index is 12.8. The summed E-state index contributed by atoms with van der Waals surface area (Å²) in [4.78, 5) is 12.5. The molecule has 0 aliphatic carbocycles. The van der Waals surface area contributed by atoms with Crippen molar-refractivity contribution < 1.29 is 17.9 Å². The Kier molecular flexibility index (Phi) is 7.99. The number of benzene rings is 1. The molecule has 0 radical (unpaired) electrons. The number of halogens is 1. The van der Waals surface area contributed by atoms with Gasteiger partial charge in [0.05, 0.1) is 17.7 Å². The molecule has 0 saturated carbocycles. The number of sulfonamides is 1. The zero-order valence-corrected chi connectivity index (χ0v) is 20.3. The van der Waals surface area contributed by atoms with Gasteiger partial charge in [-0.1, -0.05) is 37.2 Å². The van der Waals surface area contributed by atoms with Crippen LogP contribution in [0.15, 0.2) is 46.6 Å². The Labute approximate surface area is 196 Å². The first-order valence-electron chi connectivity index (χ1n) is 9.91. The molecule has 1 aromatic carbocycles. The zero-order valence-electron chi connectivity index (χ0n) is 17.9. The van der Waals surface area contributed by atoms with Gasteiger partial charge in [0, 0.05) is 36.5 Å². The van der Waals surface area contributed by atoms with E-state index < -0.39 is 10.0 Å². The number of methoxy groups -OCH3 is 1. The van der Waals surface area contributed by atoms with Crippen molar-refractivity contribution >= 4 is 50.6 Å². The van der Waals surface area contributed by atoms with Gasteiger partial charge in [-0.3, -0.25) is 9.20 Å². The zero-order chi connectivity index (χ0) is 23.3. The normalized spacial score (nSPS) is 11.8. The van der Waals surface area contributed by atoms with Gasteiger partial charge in [0.2, 0.25) is 15.9 Å². The number of hydrogen-bond acceptors (Lipinski definition) is 7. The molecule has 1 N–H and O–H groups in total. The van der Waals surface area contributed by atoms with Crippen LogP contribution < -0.4 is 10.1 Å². The lowest BCUT2D eigenvalue weighted by atomic mass is 10.3. The molecular weight excluding hydrogens is 474 g/mol. The van der Waals surface area contributed by atoms with E-state index >= 15 is 0 Å². The summed E-state index contributed by atoms with van der Waals surface area (Å²) in [5.74, 6) is 0.722. The number of thioether (sulfide) groups is 1. The van der Waals surface area contributed by atoms with Gasteiger partial charge in [0.15, 0.2) is 10.8 Å². The van der Waals surface area contributed by atoms with Gasteiger partial charge in [0.25, 0.3) is 0 Å². The lowest BCUT2D eigenvalue weighted by Gasteiger charge is -2.18. The van der Waals surface area contributed by atoms with E-state index in [1.165, 1.54) is 35.4 Å². The lowest BCUT2D eigenvalue weighted by Crippen LogP contribution is -2.30. The van der Waals surface area contributed by atoms with E-state index in [-0.39, 0.29) is 17.2 Å². The minimum Gasteiger partial charge on any atom is -0.495 e. The van der Waals surface area contributed by atoms with Crippen LogP contribution in [0.4, 0.5) is 5.69 Å². The average molecular weight is 498 g/mol. The van der Waals surface area contributed by atoms with Gasteiger partial charge in [0.1, 0.15) is 5.75 Å². The minimum atomic E-state index is -3.61. The van der Waals surface area contributed by atoms with Crippen molar-refractivity contribution in [3.05, 3.63) is 41.6 Å². The molecule has 0 fully saturated rings. The van der Waals surface area contributed by atoms with Crippen LogP contribution in [0.3, 0.4) is 0 Å². The second kappa shape index (κ2) is 10.5. The van der Waals surface area contributed by atoms with E-state index in [1.807, 2.05) is 0 Å². The van der Waals surface area contributed by atoms with Crippen LogP contribution in [-0.2, 0) is 14.8 Å². The number of nitrogens with one attached hydrogen (secondary N) is 1. The highest BCUT2D eigenvalue weighted by Gasteiger charge is 2.23. The number of anilines is 1. The van der Waals surface area contributed by atoms with Crippen molar-refractivity contribution in [3.63, 3.8) is 0 Å². The predicted octanol–water partition coefficient (Wildman–Crippen LogP) is 3.54. The Balaban J connectivity index is 1.69. The van der Waals surface area contributed by atoms with E-state index in [0.29, 0.717) is 46.1 Å². The fourth-order valence-corrected chi connectivity index (χ4v) is 5.52. The largest absolute Gasteiger partial charge is 0.495 e. The van der Waals surface area contributed by atoms with Gasteiger partial charge < -0.3 is 10.1 Å². The summed E-state index contributed by atoms with van der Waals surface area (Å²) in [7, 11) is -2.09. The van der Waals surface area contributed by atoms with Crippen molar-refractivity contribution in [3.8, 4) is 5.75 Å². The van der Waals surface area contributed by atoms with Gasteiger partial charge in [-0.15, -0.1) is 10.2 Å². The number of pyridine rings is 1. The summed E-state index contributed by atoms with van der Waals surface area (Å²) in [6, 6.07) is 8.12. The first kappa shape index (κ1) is 24.3. The van der Waals surface area contributed by atoms with Gasteiger partial charge >= 0.3 is 0 Å². The highest BCUT2D eigenvalue weighted by atomic mass is 35.5. The second-order valence-corrected chi connectivity index (χ2v) is 10.1. The number of amides is 1. The van der Waals surface area contributed by atoms with Crippen LogP contribution >= 0.6 is 23.4 Å². The highest BCUT2D eigenvalue weighted by Crippen LogP contribution is 2.28. The summed E-state index contributed by atoms with van der Waals surface area (Å²) in [5, 5.41) is 12.0. The molecule has 0 atom stereocenters. The summed E-state index contributed by atoms with van der Waals surface area (Å²) in [6.45, 7) is 4.35. The van der Waals surface area contributed by atoms with Crippen LogP contribution in [0.2, 0.25) is 5.02 Å². The van der Waals surface area contributed by atoms with Crippen molar-refractivity contribution in [2.45, 2.75) is 30.3 Å². The fraction of sp³-hybridized carbons (Fsp3) is 0.350. The van der Waals surface area contributed by atoms with Crippen LogP contribution in [-0.4, -0.2) is 59.2 Å². The molecule has 0 aliphatic heterocycles. The first-order valence-corrected chi connectivity index (χ1v) is 12.7. The molecule has 1 amide bonds. The molecule has 9 nitrogen and oxygen atoms in total. The van der Waals surface area contributed by atoms with Crippen LogP contribution in [0.25, 0.3) is 5.65 Å². The minimum absolute atomic E-state index is 0.168. The molecule has 2 aromatic heterocycles. The summed E-state index contributed by atoms with van der Waals surface area (Å²) in [5.41, 5.74) is 1.02. The quantitative estimate of drug-likeness (QED) is 0.427. The Bertz CT molecular complexity index is 1210. The molecule has 2 heterocycles. The van der Waals surface area contributed by atoms with Crippen molar-refractivity contribution in [1.29, 1.82) is 0 Å². The van der Waals surface area contributed by atoms with Crippen LogP contribution in [0, 0.1) is 0 Å². The number of ether oxygens (including phenoxy) is 1. The maximum Gasteiger partial charge on any atom is 0.244 e. The number of carbonyl (C=O) groups is 1. The molecule has 0 aliphatic rings. The topological polar surface area (TPSA) is 106 Å². The Morgan fingerprint density at radius 2 is 1.97 bits per heavy atom. The third-order valence-corrected chi connectivity index (χ3v) is 7.90. The molecule has 0 bridgehead atoms. The second-order valence-electron chi connectivity index (χ2n) is 6.66. The molecule has 172 valence electrons. The van der Waals surface area contributed by atoms with Gasteiger partial charge in [-0.05, 0) is 30.3 Å². The predicted molar refractivity (Wildman–Crippen MR) is 125 cm³/mol. The Hall–Kier alpha value is -2.34. The fourth-order valence-electron chi connectivity index (χ4n) is 3.04. The third kappa shape index (κ3) is 5.34. The molecule has 32 heavy (non-hydrogen) atoms. The smallest absolute Gasteiger partial charge is 0.244 e. The number of nitrogens with zero attached hydrogens (tertiary/aromatic N) is 4. The number of hydrogen-bond donors (Lipinski definition) is 1. The average Bonchev–Trinajstić information content (AvgIpc) is 3.17. The van der Waals surface area contributed by atoms with Crippen molar-refractivity contribution in [2.24, 2.45) is 0 Å². The summed E-state index contributed by atoms with van der Waals surface area (Å²) in [6.07, 6.45) is 1.72. The molecular formula is C20H24ClN5O4S2. The van der Waals surface area contributed by atoms with E-state index in [4.69, 9.17) is 16.3 Å². The standard InChI is InChI=1S/C20H24ClN5O4S2/c1-4-25(5-2)32(28,29)15-7-9-18-23-24-20(26(18)13-15)31-11-10-19(27)22-16-12-14(21)6-8-17(16)30-3/h6-9,12-13H,4-5,10-11H2,1-3H3,(H,22,27). The molecule has 0 unspecified atom stereocenters. The van der Waals surface area contributed by atoms with E-state index in [1.54, 1.807) is 42.5 Å². The molecule has 3 aromatic rings. The maximum atomic E-state index is 12.8. The number of fused-ring (bicyclic) bond motifs is 1. The van der Waals surface area contributed by atoms with Crippen molar-refractivity contribution in [2.75, 3.05) is 31.3 Å². The Morgan fingerprint density at radius 1 is 1.22 bits per heavy atom. The number of rotatable bonds is 10. The van der Waals surface area contributed by atoms with Crippen LogP contribution in [0.5, 0.6) is 5.75 Å². The molecule has 0 spiro atoms. The molecule has 3 rings (SSSR count). The van der Waals surface area contributed by atoms with Crippen LogP contribution in [0.1, 0.15) is 20.3 Å². The summed E-state index contributed by atoms with van der Waals surface area (Å²) < 4.78 is 33.9. The van der Waals surface area contributed by atoms with Crippen molar-refractivity contribution in [1.82, 2.24) is 18.9 Å². The van der Waals surface area contributed by atoms with E-state index in [0.717, 1.165) is 0 Å².